The lowest BCUT2D eigenvalue weighted by Gasteiger charge is -2.13. The summed E-state index contributed by atoms with van der Waals surface area (Å²) in [7, 11) is 1.59. The van der Waals surface area contributed by atoms with Crippen LogP contribution in [0.25, 0.3) is 27.5 Å². The summed E-state index contributed by atoms with van der Waals surface area (Å²) in [6.07, 6.45) is 1.72. The number of hydrogen-bond acceptors (Lipinski definition) is 6. The summed E-state index contributed by atoms with van der Waals surface area (Å²) in [5.41, 5.74) is 2.53. The summed E-state index contributed by atoms with van der Waals surface area (Å²) in [4.78, 5) is 30.6. The highest BCUT2D eigenvalue weighted by molar-refractivity contribution is 7.99. The molecule has 9 heteroatoms. The maximum absolute atomic E-state index is 13.3. The Kier molecular flexibility index (Phi) is 5.54. The van der Waals surface area contributed by atoms with Crippen molar-refractivity contribution in [3.63, 3.8) is 0 Å². The van der Waals surface area contributed by atoms with Gasteiger partial charge in [0.05, 0.1) is 41.2 Å². The lowest BCUT2D eigenvalue weighted by atomic mass is 10.2. The number of fused-ring (bicyclic) bond motifs is 2. The first-order chi connectivity index (χ1) is 16.1. The number of benzene rings is 3. The molecule has 0 fully saturated rings. The van der Waals surface area contributed by atoms with Crippen molar-refractivity contribution in [3.05, 3.63) is 83.3 Å². The second-order valence-corrected chi connectivity index (χ2v) is 8.20. The Morgan fingerprint density at radius 2 is 1.94 bits per heavy atom. The van der Waals surface area contributed by atoms with E-state index >= 15 is 0 Å². The zero-order valence-electron chi connectivity index (χ0n) is 17.6. The first kappa shape index (κ1) is 20.8. The molecule has 0 aliphatic carbocycles. The fourth-order valence-corrected chi connectivity index (χ4v) is 4.32. The number of nitrogens with zero attached hydrogens (tertiary/aromatic N) is 3. The van der Waals surface area contributed by atoms with Crippen LogP contribution in [0.15, 0.2) is 82.9 Å². The molecular weight excluding hydrogens is 438 g/mol. The van der Waals surface area contributed by atoms with E-state index in [1.165, 1.54) is 16.3 Å². The molecule has 2 aromatic heterocycles. The van der Waals surface area contributed by atoms with Crippen molar-refractivity contribution < 1.29 is 9.53 Å². The number of hydrogen-bond donors (Lipinski definition) is 2. The summed E-state index contributed by atoms with van der Waals surface area (Å²) < 4.78 is 6.75. The van der Waals surface area contributed by atoms with E-state index in [0.717, 1.165) is 10.9 Å². The van der Waals surface area contributed by atoms with Gasteiger partial charge in [-0.15, -0.1) is 0 Å². The van der Waals surface area contributed by atoms with E-state index in [1.807, 2.05) is 24.3 Å². The van der Waals surface area contributed by atoms with Gasteiger partial charge in [-0.05, 0) is 54.6 Å². The molecule has 3 aromatic carbocycles. The van der Waals surface area contributed by atoms with Crippen molar-refractivity contribution in [1.82, 2.24) is 19.7 Å². The van der Waals surface area contributed by atoms with Crippen molar-refractivity contribution in [2.75, 3.05) is 18.2 Å². The lowest BCUT2D eigenvalue weighted by molar-refractivity contribution is -0.113. The van der Waals surface area contributed by atoms with Gasteiger partial charge >= 0.3 is 0 Å². The Morgan fingerprint density at radius 1 is 1.12 bits per heavy atom. The van der Waals surface area contributed by atoms with E-state index in [4.69, 9.17) is 4.74 Å². The topological polar surface area (TPSA) is 102 Å². The first-order valence-electron chi connectivity index (χ1n) is 10.1. The van der Waals surface area contributed by atoms with Gasteiger partial charge in [0.15, 0.2) is 5.16 Å². The second kappa shape index (κ2) is 8.79. The normalized spacial score (nSPS) is 11.1. The van der Waals surface area contributed by atoms with Crippen LogP contribution in [0.5, 0.6) is 5.75 Å². The monoisotopic (exact) mass is 457 g/mol. The Labute approximate surface area is 192 Å². The Morgan fingerprint density at radius 3 is 2.76 bits per heavy atom. The number of H-pyrrole nitrogens is 1. The predicted octanol–water partition coefficient (Wildman–Crippen LogP) is 4.00. The molecule has 2 heterocycles. The minimum atomic E-state index is -0.206. The van der Waals surface area contributed by atoms with Crippen molar-refractivity contribution >= 4 is 45.2 Å². The average molecular weight is 458 g/mol. The molecule has 0 saturated carbocycles. The van der Waals surface area contributed by atoms with Crippen LogP contribution in [0.4, 0.5) is 5.69 Å². The van der Waals surface area contributed by atoms with E-state index in [9.17, 15) is 9.59 Å². The van der Waals surface area contributed by atoms with Gasteiger partial charge in [-0.1, -0.05) is 23.9 Å². The van der Waals surface area contributed by atoms with Crippen LogP contribution < -0.4 is 15.6 Å². The van der Waals surface area contributed by atoms with Crippen LogP contribution in [-0.2, 0) is 4.79 Å². The highest BCUT2D eigenvalue weighted by atomic mass is 32.2. The maximum atomic E-state index is 13.3. The van der Waals surface area contributed by atoms with Gasteiger partial charge in [0, 0.05) is 11.1 Å². The Bertz CT molecular complexity index is 1530. The highest BCUT2D eigenvalue weighted by Crippen LogP contribution is 2.23. The molecule has 5 rings (SSSR count). The highest BCUT2D eigenvalue weighted by Gasteiger charge is 2.15. The molecule has 0 aliphatic rings. The molecule has 1 amide bonds. The molecule has 164 valence electrons. The molecule has 0 atom stereocenters. The molecule has 5 aromatic rings. The zero-order valence-corrected chi connectivity index (χ0v) is 18.4. The van der Waals surface area contributed by atoms with Crippen LogP contribution in [0.2, 0.25) is 0 Å². The van der Waals surface area contributed by atoms with Gasteiger partial charge in [0.25, 0.3) is 5.56 Å². The number of para-hydroxylation sites is 1. The number of ether oxygens (including phenoxy) is 1. The number of methoxy groups -OCH3 is 1. The van der Waals surface area contributed by atoms with Gasteiger partial charge in [-0.2, -0.15) is 5.10 Å². The minimum absolute atomic E-state index is 0.0853. The SMILES string of the molecule is COc1ccc(-n2c(SCC(=O)Nc3ccc4cn[nH]c4c3)nc3ccccc3c2=O)cc1. The number of nitrogens with one attached hydrogen (secondary N) is 2. The molecule has 8 nitrogen and oxygen atoms in total. The molecule has 0 saturated heterocycles. The molecule has 0 radical (unpaired) electrons. The van der Waals surface area contributed by atoms with Gasteiger partial charge < -0.3 is 10.1 Å². The Hall–Kier alpha value is -4.11. The van der Waals surface area contributed by atoms with Crippen LogP contribution >= 0.6 is 11.8 Å². The molecule has 33 heavy (non-hydrogen) atoms. The summed E-state index contributed by atoms with van der Waals surface area (Å²) in [5, 5.41) is 11.7. The number of carbonyl (C=O) groups is 1. The zero-order chi connectivity index (χ0) is 22.8. The number of rotatable bonds is 6. The molecule has 0 aliphatic heterocycles. The van der Waals surface area contributed by atoms with Crippen LogP contribution in [-0.4, -0.2) is 38.5 Å². The number of thioether (sulfide) groups is 1. The van der Waals surface area contributed by atoms with Crippen molar-refractivity contribution in [2.45, 2.75) is 5.16 Å². The van der Waals surface area contributed by atoms with E-state index in [-0.39, 0.29) is 17.2 Å². The second-order valence-electron chi connectivity index (χ2n) is 7.26. The van der Waals surface area contributed by atoms with Gasteiger partial charge in [-0.25, -0.2) is 4.98 Å². The van der Waals surface area contributed by atoms with Gasteiger partial charge in [0.2, 0.25) is 5.91 Å². The third kappa shape index (κ3) is 4.18. The number of amides is 1. The number of anilines is 1. The van der Waals surface area contributed by atoms with E-state index < -0.39 is 0 Å². The molecular formula is C24H19N5O3S. The number of aromatic amines is 1. The minimum Gasteiger partial charge on any atom is -0.497 e. The quantitative estimate of drug-likeness (QED) is 0.295. The molecule has 0 bridgehead atoms. The predicted molar refractivity (Wildman–Crippen MR) is 129 cm³/mol. The van der Waals surface area contributed by atoms with Crippen molar-refractivity contribution in [2.24, 2.45) is 0 Å². The third-order valence-electron chi connectivity index (χ3n) is 5.13. The first-order valence-corrected chi connectivity index (χ1v) is 11.1. The largest absolute Gasteiger partial charge is 0.497 e. The van der Waals surface area contributed by atoms with E-state index in [0.29, 0.717) is 33.2 Å². The smallest absolute Gasteiger partial charge is 0.266 e. The number of aromatic nitrogens is 4. The summed E-state index contributed by atoms with van der Waals surface area (Å²) >= 11 is 1.20. The summed E-state index contributed by atoms with van der Waals surface area (Å²) in [6.45, 7) is 0. The van der Waals surface area contributed by atoms with Crippen LogP contribution in [0.1, 0.15) is 0 Å². The van der Waals surface area contributed by atoms with Crippen LogP contribution in [0, 0.1) is 0 Å². The maximum Gasteiger partial charge on any atom is 0.266 e. The van der Waals surface area contributed by atoms with Gasteiger partial charge in [-0.3, -0.25) is 19.3 Å². The fourth-order valence-electron chi connectivity index (χ4n) is 3.51. The summed E-state index contributed by atoms with van der Waals surface area (Å²) in [6, 6.07) is 19.9. The molecule has 0 unspecified atom stereocenters. The van der Waals surface area contributed by atoms with Crippen molar-refractivity contribution in [3.8, 4) is 11.4 Å². The molecule has 0 spiro atoms. The van der Waals surface area contributed by atoms with Gasteiger partial charge in [0.1, 0.15) is 5.75 Å². The summed E-state index contributed by atoms with van der Waals surface area (Å²) in [5.74, 6) is 0.563. The van der Waals surface area contributed by atoms with E-state index in [1.54, 1.807) is 55.8 Å². The number of carbonyl (C=O) groups excluding carboxylic acids is 1. The third-order valence-corrected chi connectivity index (χ3v) is 6.07. The standard InChI is InChI=1S/C24H19N5O3S/c1-32-18-10-8-17(9-11-18)29-23(31)19-4-2-3-5-20(19)27-24(29)33-14-22(30)26-16-7-6-15-13-25-28-21(15)12-16/h2-13H,14H2,1H3,(H,25,28)(H,26,30). The Balaban J connectivity index is 1.44. The fraction of sp³-hybridized carbons (Fsp3) is 0.0833. The average Bonchev–Trinajstić information content (AvgIpc) is 3.31. The van der Waals surface area contributed by atoms with E-state index in [2.05, 4.69) is 20.5 Å². The van der Waals surface area contributed by atoms with Crippen molar-refractivity contribution in [1.29, 1.82) is 0 Å². The lowest BCUT2D eigenvalue weighted by Crippen LogP contribution is -2.23. The van der Waals surface area contributed by atoms with Crippen LogP contribution in [0.3, 0.4) is 0 Å². The molecule has 2 N–H and O–H groups in total.